The van der Waals surface area contributed by atoms with Crippen LogP contribution in [0.25, 0.3) is 38.8 Å². The Morgan fingerprint density at radius 1 is 0.800 bits per heavy atom. The van der Waals surface area contributed by atoms with Gasteiger partial charge in [-0.25, -0.2) is 0 Å². The van der Waals surface area contributed by atoms with Crippen LogP contribution in [0.2, 0.25) is 0 Å². The molecule has 0 bridgehead atoms. The molecule has 3 heterocycles. The summed E-state index contributed by atoms with van der Waals surface area (Å²) in [6, 6.07) is 38.0. The van der Waals surface area contributed by atoms with E-state index in [9.17, 15) is 0 Å². The number of benzene rings is 4. The maximum atomic E-state index is 7.00. The number of rotatable bonds is 6. The zero-order chi connectivity index (χ0) is 34.9. The molecule has 5 heteroatoms. The van der Waals surface area contributed by atoms with Crippen LogP contribution in [0.3, 0.4) is 0 Å². The number of hydrogen-bond acceptors (Lipinski definition) is 3. The fourth-order valence-electron chi connectivity index (χ4n) is 7.19. The van der Waals surface area contributed by atoms with Crippen LogP contribution in [-0.2, 0) is 36.8 Å². The number of aliphatic imine (C=N–C) groups is 1. The van der Waals surface area contributed by atoms with Crippen LogP contribution >= 0.6 is 0 Å². The Labute approximate surface area is 312 Å². The Bertz CT molecular complexity index is 2240. The summed E-state index contributed by atoms with van der Waals surface area (Å²) in [6.07, 6.45) is 1.91. The first-order valence-electron chi connectivity index (χ1n) is 17.6. The molecule has 0 saturated carbocycles. The number of hydrogen-bond donors (Lipinski definition) is 0. The van der Waals surface area contributed by atoms with Gasteiger partial charge in [-0.05, 0) is 83.6 Å². The topological polar surface area (TPSA) is 39.4 Å². The van der Waals surface area contributed by atoms with Crippen molar-refractivity contribution in [3.8, 4) is 16.9 Å². The Morgan fingerprint density at radius 2 is 1.54 bits per heavy atom. The van der Waals surface area contributed by atoms with Crippen LogP contribution in [0.5, 0.6) is 0 Å². The SMILES string of the molecule is Cc1ccc2c(c1)c1ccc(-c3cc(C(C)(C)C)ccn3)[c-]c1n2-c1[c-]c(C2=N[C@](C)(C(C)C)[C@@](C)(c3ccccc3)O2)cc(C(C)C)c1.[Pt+2]. The molecule has 2 atom stereocenters. The van der Waals surface area contributed by atoms with Gasteiger partial charge in [0.1, 0.15) is 11.5 Å². The molecule has 258 valence electrons. The number of ether oxygens (including phenoxy) is 1. The van der Waals surface area contributed by atoms with E-state index in [1.54, 1.807) is 0 Å². The zero-order valence-electron chi connectivity index (χ0n) is 30.9. The van der Waals surface area contributed by atoms with Crippen LogP contribution in [0.4, 0.5) is 0 Å². The van der Waals surface area contributed by atoms with Gasteiger partial charge >= 0.3 is 21.1 Å². The quantitative estimate of drug-likeness (QED) is 0.157. The Morgan fingerprint density at radius 3 is 2.22 bits per heavy atom. The van der Waals surface area contributed by atoms with Crippen molar-refractivity contribution in [2.75, 3.05) is 0 Å². The van der Waals surface area contributed by atoms with Crippen molar-refractivity contribution in [1.29, 1.82) is 0 Å². The predicted molar refractivity (Wildman–Crippen MR) is 204 cm³/mol. The Balaban J connectivity index is 0.00000432. The van der Waals surface area contributed by atoms with Gasteiger partial charge in [-0.3, -0.25) is 4.99 Å². The maximum absolute atomic E-state index is 7.00. The molecule has 1 aliphatic rings. The smallest absolute Gasteiger partial charge is 0.508 e. The molecule has 7 rings (SSSR count). The van der Waals surface area contributed by atoms with Crippen LogP contribution < -0.4 is 0 Å². The summed E-state index contributed by atoms with van der Waals surface area (Å²) in [5.74, 6) is 1.16. The van der Waals surface area contributed by atoms with E-state index in [0.29, 0.717) is 5.90 Å². The van der Waals surface area contributed by atoms with E-state index in [1.165, 1.54) is 22.1 Å². The van der Waals surface area contributed by atoms with Gasteiger partial charge < -0.3 is 14.3 Å². The molecule has 0 N–H and O–H groups in total. The summed E-state index contributed by atoms with van der Waals surface area (Å²) in [5.41, 5.74) is 9.50. The minimum absolute atomic E-state index is 0. The number of fused-ring (bicyclic) bond motifs is 3. The standard InChI is InChI=1S/C45H47N3O.Pt/c1-28(2)32-23-33(42-47-44(9,29(3)4)45(10,49-42)34-14-12-11-13-15-34)25-36(24-32)48-40-19-16-30(5)22-38(40)37-18-17-31(26-41(37)48)39-27-35(20-21-46-39)43(6,7)8;/h11-24,27-29H,1-10H3;/q-2;+2/t44-,45-;/m1./s1. The van der Waals surface area contributed by atoms with Gasteiger partial charge in [0.05, 0.1) is 5.54 Å². The fourth-order valence-corrected chi connectivity index (χ4v) is 7.19. The summed E-state index contributed by atoms with van der Waals surface area (Å²) in [6.45, 7) is 22.2. The number of aromatic nitrogens is 2. The second kappa shape index (κ2) is 13.0. The summed E-state index contributed by atoms with van der Waals surface area (Å²) >= 11 is 0. The average Bonchev–Trinajstić information content (AvgIpc) is 3.56. The molecule has 6 aromatic rings. The largest absolute Gasteiger partial charge is 2.00 e. The van der Waals surface area contributed by atoms with E-state index < -0.39 is 11.1 Å². The fraction of sp³-hybridized carbons (Fsp3) is 0.333. The molecule has 0 unspecified atom stereocenters. The normalized spacial score (nSPS) is 19.2. The second-order valence-corrected chi connectivity index (χ2v) is 15.8. The van der Waals surface area contributed by atoms with Gasteiger partial charge in [0.2, 0.25) is 0 Å². The van der Waals surface area contributed by atoms with Crippen molar-refractivity contribution < 1.29 is 25.8 Å². The van der Waals surface area contributed by atoms with Gasteiger partial charge in [0.15, 0.2) is 0 Å². The van der Waals surface area contributed by atoms with Gasteiger partial charge in [-0.2, -0.15) is 0 Å². The number of nitrogens with zero attached hydrogens (tertiary/aromatic N) is 3. The molecule has 4 nitrogen and oxygen atoms in total. The third kappa shape index (κ3) is 5.94. The van der Waals surface area contributed by atoms with Gasteiger partial charge in [0.25, 0.3) is 0 Å². The molecule has 0 aliphatic carbocycles. The molecular weight excluding hydrogens is 794 g/mol. The van der Waals surface area contributed by atoms with E-state index in [1.807, 2.05) is 6.20 Å². The van der Waals surface area contributed by atoms with E-state index in [0.717, 1.165) is 44.5 Å². The van der Waals surface area contributed by atoms with E-state index in [4.69, 9.17) is 14.7 Å². The summed E-state index contributed by atoms with van der Waals surface area (Å²) in [4.78, 5) is 10.2. The van der Waals surface area contributed by atoms with Crippen molar-refractivity contribution in [1.82, 2.24) is 9.55 Å². The first-order chi connectivity index (χ1) is 23.2. The minimum atomic E-state index is -0.638. The molecule has 4 aromatic carbocycles. The minimum Gasteiger partial charge on any atom is -0.508 e. The van der Waals surface area contributed by atoms with Crippen LogP contribution in [-0.4, -0.2) is 21.0 Å². The first-order valence-corrected chi connectivity index (χ1v) is 17.6. The predicted octanol–water partition coefficient (Wildman–Crippen LogP) is 11.3. The average molecular weight is 841 g/mol. The van der Waals surface area contributed by atoms with Crippen molar-refractivity contribution >= 4 is 27.7 Å². The summed E-state index contributed by atoms with van der Waals surface area (Å²) in [7, 11) is 0. The van der Waals surface area contributed by atoms with E-state index in [-0.39, 0.29) is 38.3 Å². The van der Waals surface area contributed by atoms with Crippen molar-refractivity contribution in [3.63, 3.8) is 0 Å². The Hall–Kier alpha value is -4.01. The maximum Gasteiger partial charge on any atom is 2.00 e. The molecule has 0 radical (unpaired) electrons. The summed E-state index contributed by atoms with van der Waals surface area (Å²) in [5, 5.41) is 2.34. The van der Waals surface area contributed by atoms with Gasteiger partial charge in [-0.15, -0.1) is 47.5 Å². The van der Waals surface area contributed by atoms with E-state index in [2.05, 4.69) is 171 Å². The number of aryl methyl sites for hydroxylation is 1. The molecule has 0 saturated heterocycles. The van der Waals surface area contributed by atoms with Crippen LogP contribution in [0.15, 0.2) is 96.1 Å². The zero-order valence-corrected chi connectivity index (χ0v) is 33.2. The van der Waals surface area contributed by atoms with Gasteiger partial charge in [-0.1, -0.05) is 114 Å². The van der Waals surface area contributed by atoms with Gasteiger partial charge in [0, 0.05) is 11.7 Å². The first kappa shape index (κ1) is 35.8. The van der Waals surface area contributed by atoms with Crippen LogP contribution in [0, 0.1) is 25.0 Å². The molecule has 1 aliphatic heterocycles. The molecule has 0 amide bonds. The molecule has 0 spiro atoms. The molecule has 2 aromatic heterocycles. The van der Waals surface area contributed by atoms with Crippen LogP contribution in [0.1, 0.15) is 96.0 Å². The van der Waals surface area contributed by atoms with Crippen molar-refractivity contribution in [3.05, 3.63) is 131 Å². The molecular formula is C45H47N3OPt. The third-order valence-corrected chi connectivity index (χ3v) is 10.8. The number of pyridine rings is 1. The second-order valence-electron chi connectivity index (χ2n) is 15.8. The molecule has 50 heavy (non-hydrogen) atoms. The summed E-state index contributed by atoms with van der Waals surface area (Å²) < 4.78 is 9.31. The monoisotopic (exact) mass is 840 g/mol. The van der Waals surface area contributed by atoms with Crippen molar-refractivity contribution in [2.45, 2.75) is 91.7 Å². The molecule has 0 fully saturated rings. The third-order valence-electron chi connectivity index (χ3n) is 10.8. The Kier molecular flexibility index (Phi) is 9.27. The van der Waals surface area contributed by atoms with E-state index >= 15 is 0 Å². The van der Waals surface area contributed by atoms with Crippen molar-refractivity contribution in [2.24, 2.45) is 10.9 Å².